The number of rotatable bonds is 5. The van der Waals surface area contributed by atoms with Gasteiger partial charge in [-0.25, -0.2) is 4.90 Å². The van der Waals surface area contributed by atoms with E-state index < -0.39 is 6.04 Å². The van der Waals surface area contributed by atoms with Crippen LogP contribution in [0.25, 0.3) is 0 Å². The zero-order chi connectivity index (χ0) is 17.1. The second kappa shape index (κ2) is 6.62. The van der Waals surface area contributed by atoms with Crippen LogP contribution in [0.3, 0.4) is 0 Å². The Morgan fingerprint density at radius 2 is 1.88 bits per heavy atom. The molecule has 2 aromatic carbocycles. The average Bonchev–Trinajstić information content (AvgIpc) is 2.85. The summed E-state index contributed by atoms with van der Waals surface area (Å²) in [6.07, 6.45) is 0.0696. The maximum atomic E-state index is 12.6. The number of imide groups is 1. The number of nitrogens with one attached hydrogen (secondary N) is 1. The van der Waals surface area contributed by atoms with Crippen molar-refractivity contribution < 1.29 is 19.4 Å². The van der Waals surface area contributed by atoms with Crippen LogP contribution in [0.4, 0.5) is 11.4 Å². The van der Waals surface area contributed by atoms with E-state index in [4.69, 9.17) is 4.74 Å². The summed E-state index contributed by atoms with van der Waals surface area (Å²) in [7, 11) is 0. The van der Waals surface area contributed by atoms with E-state index in [9.17, 15) is 14.7 Å². The van der Waals surface area contributed by atoms with Gasteiger partial charge in [-0.15, -0.1) is 0 Å². The summed E-state index contributed by atoms with van der Waals surface area (Å²) < 4.78 is 5.53. The Morgan fingerprint density at radius 1 is 1.17 bits per heavy atom. The lowest BCUT2D eigenvalue weighted by Gasteiger charge is -2.17. The fraction of sp³-hybridized carbons (Fsp3) is 0.222. The first-order valence-corrected chi connectivity index (χ1v) is 7.74. The second-order valence-corrected chi connectivity index (χ2v) is 5.41. The molecular weight excluding hydrogens is 308 g/mol. The van der Waals surface area contributed by atoms with Crippen LogP contribution in [0.15, 0.2) is 48.5 Å². The van der Waals surface area contributed by atoms with Crippen molar-refractivity contribution in [2.24, 2.45) is 0 Å². The Hall–Kier alpha value is -3.02. The van der Waals surface area contributed by atoms with E-state index in [0.29, 0.717) is 23.7 Å². The van der Waals surface area contributed by atoms with E-state index in [1.54, 1.807) is 12.1 Å². The zero-order valence-electron chi connectivity index (χ0n) is 13.2. The van der Waals surface area contributed by atoms with Crippen molar-refractivity contribution in [2.45, 2.75) is 19.4 Å². The third-order valence-corrected chi connectivity index (χ3v) is 3.77. The van der Waals surface area contributed by atoms with Gasteiger partial charge < -0.3 is 15.2 Å². The summed E-state index contributed by atoms with van der Waals surface area (Å²) in [5.41, 5.74) is 1.13. The van der Waals surface area contributed by atoms with Gasteiger partial charge in [0, 0.05) is 0 Å². The lowest BCUT2D eigenvalue weighted by atomic mass is 10.2. The molecule has 0 aliphatic carbocycles. The Bertz CT molecular complexity index is 758. The minimum absolute atomic E-state index is 0.0696. The minimum Gasteiger partial charge on any atom is -0.508 e. The largest absolute Gasteiger partial charge is 0.508 e. The molecule has 1 aliphatic rings. The van der Waals surface area contributed by atoms with Gasteiger partial charge in [-0.2, -0.15) is 0 Å². The van der Waals surface area contributed by atoms with Gasteiger partial charge in [-0.05, 0) is 43.3 Å². The second-order valence-electron chi connectivity index (χ2n) is 5.41. The van der Waals surface area contributed by atoms with Crippen LogP contribution in [-0.2, 0) is 9.59 Å². The molecule has 2 N–H and O–H groups in total. The number of phenolic OH excluding ortho intramolecular Hbond substituents is 1. The maximum absolute atomic E-state index is 12.6. The van der Waals surface area contributed by atoms with Crippen molar-refractivity contribution in [2.75, 3.05) is 16.8 Å². The summed E-state index contributed by atoms with van der Waals surface area (Å²) in [5, 5.41) is 12.4. The van der Waals surface area contributed by atoms with Crippen LogP contribution < -0.4 is 15.0 Å². The number of benzene rings is 2. The van der Waals surface area contributed by atoms with Gasteiger partial charge in [0.15, 0.2) is 0 Å². The number of carbonyl (C=O) groups is 2. The molecule has 2 amide bonds. The summed E-state index contributed by atoms with van der Waals surface area (Å²) in [6.45, 7) is 2.39. The molecule has 1 fully saturated rings. The molecule has 1 atom stereocenters. The molecule has 0 bridgehead atoms. The van der Waals surface area contributed by atoms with E-state index in [1.165, 1.54) is 12.1 Å². The number of carbonyl (C=O) groups excluding carboxylic acids is 2. The van der Waals surface area contributed by atoms with Crippen LogP contribution in [-0.4, -0.2) is 29.6 Å². The monoisotopic (exact) mass is 326 g/mol. The van der Waals surface area contributed by atoms with Crippen molar-refractivity contribution >= 4 is 23.2 Å². The Balaban J connectivity index is 1.81. The number of hydrogen-bond donors (Lipinski definition) is 2. The first-order valence-electron chi connectivity index (χ1n) is 7.74. The quantitative estimate of drug-likeness (QED) is 0.826. The number of amides is 2. The highest BCUT2D eigenvalue weighted by Gasteiger charge is 2.39. The van der Waals surface area contributed by atoms with E-state index in [2.05, 4.69) is 5.32 Å². The highest BCUT2D eigenvalue weighted by molar-refractivity contribution is 6.23. The standard InChI is InChI=1S/C18H18N2O4/c1-2-24-16-6-4-3-5-14(16)19-15-11-17(22)20(18(15)23)12-7-9-13(21)10-8-12/h3-10,15,19,21H,2,11H2,1H3. The Morgan fingerprint density at radius 3 is 2.58 bits per heavy atom. The van der Waals surface area contributed by atoms with Crippen molar-refractivity contribution in [3.63, 3.8) is 0 Å². The molecule has 0 radical (unpaired) electrons. The number of para-hydroxylation sites is 2. The van der Waals surface area contributed by atoms with Crippen LogP contribution in [0.1, 0.15) is 13.3 Å². The summed E-state index contributed by atoms with van der Waals surface area (Å²) in [5.74, 6) is 0.121. The molecule has 0 aromatic heterocycles. The number of nitrogens with zero attached hydrogens (tertiary/aromatic N) is 1. The molecule has 2 aromatic rings. The molecule has 1 heterocycles. The minimum atomic E-state index is -0.645. The molecule has 3 rings (SSSR count). The molecule has 24 heavy (non-hydrogen) atoms. The van der Waals surface area contributed by atoms with Gasteiger partial charge in [0.2, 0.25) is 5.91 Å². The van der Waals surface area contributed by atoms with E-state index in [0.717, 1.165) is 4.90 Å². The summed E-state index contributed by atoms with van der Waals surface area (Å²) in [4.78, 5) is 26.0. The fourth-order valence-electron chi connectivity index (χ4n) is 2.67. The maximum Gasteiger partial charge on any atom is 0.256 e. The van der Waals surface area contributed by atoms with Gasteiger partial charge in [0.05, 0.1) is 24.4 Å². The molecule has 1 saturated heterocycles. The van der Waals surface area contributed by atoms with Crippen molar-refractivity contribution in [1.29, 1.82) is 0 Å². The number of aromatic hydroxyl groups is 1. The highest BCUT2D eigenvalue weighted by Crippen LogP contribution is 2.29. The van der Waals surface area contributed by atoms with Crippen molar-refractivity contribution in [3.8, 4) is 11.5 Å². The number of anilines is 2. The third kappa shape index (κ3) is 3.03. The molecular formula is C18H18N2O4. The number of phenols is 1. The van der Waals surface area contributed by atoms with E-state index in [-0.39, 0.29) is 24.0 Å². The molecule has 1 unspecified atom stereocenters. The summed E-state index contributed by atoms with van der Waals surface area (Å²) >= 11 is 0. The number of hydrogen-bond acceptors (Lipinski definition) is 5. The lowest BCUT2D eigenvalue weighted by Crippen LogP contribution is -2.34. The predicted molar refractivity (Wildman–Crippen MR) is 90.2 cm³/mol. The third-order valence-electron chi connectivity index (χ3n) is 3.77. The van der Waals surface area contributed by atoms with E-state index >= 15 is 0 Å². The zero-order valence-corrected chi connectivity index (χ0v) is 13.2. The molecule has 0 saturated carbocycles. The van der Waals surface area contributed by atoms with Crippen LogP contribution >= 0.6 is 0 Å². The number of ether oxygens (including phenoxy) is 1. The van der Waals surface area contributed by atoms with Crippen LogP contribution in [0, 0.1) is 0 Å². The average molecular weight is 326 g/mol. The highest BCUT2D eigenvalue weighted by atomic mass is 16.5. The first-order chi connectivity index (χ1) is 11.6. The SMILES string of the molecule is CCOc1ccccc1NC1CC(=O)N(c2ccc(O)cc2)C1=O. The molecule has 6 heteroatoms. The summed E-state index contributed by atoms with van der Waals surface area (Å²) in [6, 6.07) is 12.6. The van der Waals surface area contributed by atoms with Gasteiger partial charge in [-0.3, -0.25) is 9.59 Å². The molecule has 124 valence electrons. The smallest absolute Gasteiger partial charge is 0.256 e. The lowest BCUT2D eigenvalue weighted by molar-refractivity contribution is -0.121. The van der Waals surface area contributed by atoms with E-state index in [1.807, 2.05) is 31.2 Å². The van der Waals surface area contributed by atoms with Crippen LogP contribution in [0.5, 0.6) is 11.5 Å². The van der Waals surface area contributed by atoms with Gasteiger partial charge in [0.1, 0.15) is 17.5 Å². The normalized spacial score (nSPS) is 17.2. The van der Waals surface area contributed by atoms with Gasteiger partial charge in [-0.1, -0.05) is 12.1 Å². The fourth-order valence-corrected chi connectivity index (χ4v) is 2.67. The van der Waals surface area contributed by atoms with Crippen molar-refractivity contribution in [3.05, 3.63) is 48.5 Å². The predicted octanol–water partition coefficient (Wildman–Crippen LogP) is 2.53. The van der Waals surface area contributed by atoms with Crippen molar-refractivity contribution in [1.82, 2.24) is 0 Å². The molecule has 6 nitrogen and oxygen atoms in total. The topological polar surface area (TPSA) is 78.9 Å². The first kappa shape index (κ1) is 15.9. The molecule has 1 aliphatic heterocycles. The van der Waals surface area contributed by atoms with Gasteiger partial charge >= 0.3 is 0 Å². The van der Waals surface area contributed by atoms with Crippen LogP contribution in [0.2, 0.25) is 0 Å². The Kier molecular flexibility index (Phi) is 4.37. The Labute approximate surface area is 139 Å². The van der Waals surface area contributed by atoms with Gasteiger partial charge in [0.25, 0.3) is 5.91 Å². The molecule has 0 spiro atoms.